The highest BCUT2D eigenvalue weighted by molar-refractivity contribution is 5.93. The second-order valence-electron chi connectivity index (χ2n) is 6.36. The summed E-state index contributed by atoms with van der Waals surface area (Å²) in [6.45, 7) is 0.518. The highest BCUT2D eigenvalue weighted by Crippen LogP contribution is 2.18. The molecule has 0 aliphatic carbocycles. The lowest BCUT2D eigenvalue weighted by molar-refractivity contribution is -0.154. The maximum atomic E-state index is 11.0. The molecular formula is C22H20O5. The quantitative estimate of drug-likeness (QED) is 0.594. The van der Waals surface area contributed by atoms with Crippen LogP contribution in [-0.4, -0.2) is 28.8 Å². The van der Waals surface area contributed by atoms with Crippen molar-refractivity contribution in [3.8, 4) is 5.75 Å². The molecule has 0 aromatic heterocycles. The van der Waals surface area contributed by atoms with E-state index in [1.54, 1.807) is 24.3 Å². The van der Waals surface area contributed by atoms with Crippen molar-refractivity contribution in [2.75, 3.05) is 6.61 Å². The van der Waals surface area contributed by atoms with E-state index < -0.39 is 17.9 Å². The molecule has 0 saturated carbocycles. The first kappa shape index (κ1) is 18.5. The number of ether oxygens (including phenoxy) is 1. The van der Waals surface area contributed by atoms with E-state index in [0.717, 1.165) is 6.42 Å². The van der Waals surface area contributed by atoms with Crippen LogP contribution in [0.4, 0.5) is 0 Å². The van der Waals surface area contributed by atoms with Crippen LogP contribution in [0.3, 0.4) is 0 Å². The first-order valence-electron chi connectivity index (χ1n) is 8.68. The number of benzene rings is 3. The van der Waals surface area contributed by atoms with Crippen molar-refractivity contribution in [1.29, 1.82) is 0 Å². The van der Waals surface area contributed by atoms with Crippen LogP contribution in [-0.2, 0) is 22.4 Å². The van der Waals surface area contributed by atoms with Crippen LogP contribution in [0.2, 0.25) is 0 Å². The number of hydrogen-bond acceptors (Lipinski definition) is 3. The smallest absolute Gasteiger partial charge is 0.318 e. The van der Waals surface area contributed by atoms with E-state index in [-0.39, 0.29) is 6.42 Å². The molecule has 3 aromatic carbocycles. The lowest BCUT2D eigenvalue weighted by Crippen LogP contribution is -2.25. The van der Waals surface area contributed by atoms with Crippen LogP contribution in [0.1, 0.15) is 11.1 Å². The number of carboxylic acids is 2. The third-order valence-corrected chi connectivity index (χ3v) is 4.43. The fraction of sp³-hybridized carbons (Fsp3) is 0.182. The summed E-state index contributed by atoms with van der Waals surface area (Å²) >= 11 is 0. The average molecular weight is 364 g/mol. The van der Waals surface area contributed by atoms with Gasteiger partial charge >= 0.3 is 11.9 Å². The Hall–Kier alpha value is -3.34. The van der Waals surface area contributed by atoms with Crippen LogP contribution in [0, 0.1) is 5.92 Å². The van der Waals surface area contributed by atoms with Crippen LogP contribution < -0.4 is 4.74 Å². The molecule has 2 N–H and O–H groups in total. The molecule has 5 nitrogen and oxygen atoms in total. The Morgan fingerprint density at radius 3 is 2.11 bits per heavy atom. The Labute approximate surface area is 156 Å². The van der Waals surface area contributed by atoms with Gasteiger partial charge in [-0.1, -0.05) is 54.6 Å². The van der Waals surface area contributed by atoms with Gasteiger partial charge in [-0.3, -0.25) is 9.59 Å². The van der Waals surface area contributed by atoms with Crippen LogP contribution in [0.5, 0.6) is 5.75 Å². The van der Waals surface area contributed by atoms with Crippen molar-refractivity contribution < 1.29 is 24.5 Å². The number of carbonyl (C=O) groups is 2. The highest BCUT2D eigenvalue weighted by atomic mass is 16.5. The molecule has 0 fully saturated rings. The fourth-order valence-corrected chi connectivity index (χ4v) is 2.92. The van der Waals surface area contributed by atoms with Gasteiger partial charge in [-0.05, 0) is 40.5 Å². The van der Waals surface area contributed by atoms with Crippen molar-refractivity contribution >= 4 is 22.7 Å². The molecule has 0 unspecified atom stereocenters. The van der Waals surface area contributed by atoms with Crippen molar-refractivity contribution in [1.82, 2.24) is 0 Å². The molecule has 0 amide bonds. The fourth-order valence-electron chi connectivity index (χ4n) is 2.92. The standard InChI is InChI=1S/C22H20O5/c23-21(24)20(22(25)26)14-15-6-9-19(10-7-15)27-12-11-16-5-8-17-3-1-2-4-18(17)13-16/h1-10,13,20H,11-12,14H2,(H,23,24)(H,25,26). The van der Waals surface area contributed by atoms with Crippen molar-refractivity contribution in [3.63, 3.8) is 0 Å². The molecule has 3 rings (SSSR count). The summed E-state index contributed by atoms with van der Waals surface area (Å²) in [5.74, 6) is -3.44. The summed E-state index contributed by atoms with van der Waals surface area (Å²) in [5.41, 5.74) is 1.84. The molecule has 0 atom stereocenters. The number of aliphatic carboxylic acids is 2. The molecule has 3 aromatic rings. The minimum absolute atomic E-state index is 0.0535. The molecule has 0 bridgehead atoms. The molecule has 0 aliphatic heterocycles. The third kappa shape index (κ3) is 4.85. The van der Waals surface area contributed by atoms with Crippen molar-refractivity contribution in [3.05, 3.63) is 77.9 Å². The van der Waals surface area contributed by atoms with Gasteiger partial charge in [0.2, 0.25) is 0 Å². The van der Waals surface area contributed by atoms with Gasteiger partial charge in [-0.15, -0.1) is 0 Å². The van der Waals surface area contributed by atoms with E-state index >= 15 is 0 Å². The van der Waals surface area contributed by atoms with Crippen LogP contribution in [0.25, 0.3) is 10.8 Å². The van der Waals surface area contributed by atoms with Gasteiger partial charge in [-0.2, -0.15) is 0 Å². The van der Waals surface area contributed by atoms with E-state index in [1.165, 1.54) is 16.3 Å². The SMILES string of the molecule is O=C(O)C(Cc1ccc(OCCc2ccc3ccccc3c2)cc1)C(=O)O. The molecule has 138 valence electrons. The summed E-state index contributed by atoms with van der Waals surface area (Å²) in [5, 5.41) is 20.3. The van der Waals surface area contributed by atoms with Gasteiger partial charge in [0.05, 0.1) is 6.61 Å². The monoisotopic (exact) mass is 364 g/mol. The van der Waals surface area contributed by atoms with Gasteiger partial charge in [0, 0.05) is 6.42 Å². The number of fused-ring (bicyclic) bond motifs is 1. The number of rotatable bonds is 8. The van der Waals surface area contributed by atoms with Gasteiger partial charge in [0.25, 0.3) is 0 Å². The van der Waals surface area contributed by atoms with Crippen LogP contribution in [0.15, 0.2) is 66.7 Å². The Morgan fingerprint density at radius 2 is 1.44 bits per heavy atom. The Kier molecular flexibility index (Phi) is 5.71. The van der Waals surface area contributed by atoms with E-state index in [9.17, 15) is 9.59 Å². The predicted octanol–water partition coefficient (Wildman–Crippen LogP) is 3.79. The first-order valence-corrected chi connectivity index (χ1v) is 8.68. The minimum atomic E-state index is -1.44. The largest absolute Gasteiger partial charge is 0.493 e. The molecular weight excluding hydrogens is 344 g/mol. The number of hydrogen-bond donors (Lipinski definition) is 2. The molecule has 0 aliphatic rings. The summed E-state index contributed by atoms with van der Waals surface area (Å²) in [6, 6.07) is 21.4. The predicted molar refractivity (Wildman–Crippen MR) is 102 cm³/mol. The van der Waals surface area contributed by atoms with Crippen molar-refractivity contribution in [2.45, 2.75) is 12.8 Å². The van der Waals surface area contributed by atoms with Gasteiger partial charge in [0.15, 0.2) is 5.92 Å². The summed E-state index contributed by atoms with van der Waals surface area (Å²) in [4.78, 5) is 21.9. The maximum absolute atomic E-state index is 11.0. The highest BCUT2D eigenvalue weighted by Gasteiger charge is 2.25. The van der Waals surface area contributed by atoms with E-state index in [0.29, 0.717) is 17.9 Å². The summed E-state index contributed by atoms with van der Waals surface area (Å²) in [6.07, 6.45) is 0.717. The average Bonchev–Trinajstić information content (AvgIpc) is 2.66. The molecule has 0 heterocycles. The first-order chi connectivity index (χ1) is 13.0. The Morgan fingerprint density at radius 1 is 0.815 bits per heavy atom. The summed E-state index contributed by atoms with van der Waals surface area (Å²) < 4.78 is 5.74. The Bertz CT molecular complexity index is 932. The molecule has 0 saturated heterocycles. The molecule has 27 heavy (non-hydrogen) atoms. The topological polar surface area (TPSA) is 83.8 Å². The second-order valence-corrected chi connectivity index (χ2v) is 6.36. The maximum Gasteiger partial charge on any atom is 0.318 e. The normalized spacial score (nSPS) is 10.9. The van der Waals surface area contributed by atoms with Gasteiger partial charge < -0.3 is 14.9 Å². The molecule has 5 heteroatoms. The molecule has 0 radical (unpaired) electrons. The van der Waals surface area contributed by atoms with Gasteiger partial charge in [-0.25, -0.2) is 0 Å². The minimum Gasteiger partial charge on any atom is -0.493 e. The lowest BCUT2D eigenvalue weighted by Gasteiger charge is -2.10. The zero-order valence-corrected chi connectivity index (χ0v) is 14.7. The molecule has 0 spiro atoms. The second kappa shape index (κ2) is 8.36. The zero-order chi connectivity index (χ0) is 19.2. The zero-order valence-electron chi connectivity index (χ0n) is 14.7. The van der Waals surface area contributed by atoms with E-state index in [4.69, 9.17) is 14.9 Å². The van der Waals surface area contributed by atoms with Crippen molar-refractivity contribution in [2.24, 2.45) is 5.92 Å². The van der Waals surface area contributed by atoms with Crippen LogP contribution >= 0.6 is 0 Å². The number of carboxylic acid groups (broad SMARTS) is 2. The Balaban J connectivity index is 1.55. The van der Waals surface area contributed by atoms with Gasteiger partial charge in [0.1, 0.15) is 5.75 Å². The summed E-state index contributed by atoms with van der Waals surface area (Å²) in [7, 11) is 0. The third-order valence-electron chi connectivity index (χ3n) is 4.43. The lowest BCUT2D eigenvalue weighted by atomic mass is 10.00. The van der Waals surface area contributed by atoms with E-state index in [2.05, 4.69) is 30.3 Å². The van der Waals surface area contributed by atoms with E-state index in [1.807, 2.05) is 12.1 Å².